The van der Waals surface area contributed by atoms with Gasteiger partial charge in [-0.25, -0.2) is 9.59 Å². The van der Waals surface area contributed by atoms with E-state index in [0.717, 1.165) is 12.2 Å². The standard InChI is InChI=1S/C7H12O2.C5H8O2/c1-5-6(8)9-7(2,3)4;1-3-5(6)7-4-2/h5H,1H2,2-4H3;3H,1,4H2,2H3. The first-order chi connectivity index (χ1) is 7.26. The Morgan fingerprint density at radius 3 is 1.69 bits per heavy atom. The van der Waals surface area contributed by atoms with Crippen LogP contribution in [-0.4, -0.2) is 24.1 Å². The third-order valence-electron chi connectivity index (χ3n) is 1.03. The van der Waals surface area contributed by atoms with Gasteiger partial charge in [-0.3, -0.25) is 0 Å². The van der Waals surface area contributed by atoms with E-state index in [-0.39, 0.29) is 11.9 Å². The van der Waals surface area contributed by atoms with Crippen molar-refractivity contribution in [3.05, 3.63) is 25.3 Å². The van der Waals surface area contributed by atoms with Gasteiger partial charge in [0.05, 0.1) is 6.61 Å². The van der Waals surface area contributed by atoms with Gasteiger partial charge in [0.1, 0.15) is 5.60 Å². The summed E-state index contributed by atoms with van der Waals surface area (Å²) < 4.78 is 9.26. The Bertz CT molecular complexity index is 248. The van der Waals surface area contributed by atoms with Gasteiger partial charge < -0.3 is 9.47 Å². The number of carbonyl (C=O) groups is 2. The molecule has 0 amide bonds. The monoisotopic (exact) mass is 228 g/mol. The third kappa shape index (κ3) is 14.9. The molecule has 0 aromatic carbocycles. The van der Waals surface area contributed by atoms with Gasteiger partial charge in [0, 0.05) is 12.2 Å². The topological polar surface area (TPSA) is 52.6 Å². The molecule has 4 nitrogen and oxygen atoms in total. The largest absolute Gasteiger partial charge is 0.463 e. The van der Waals surface area contributed by atoms with E-state index in [9.17, 15) is 9.59 Å². The molecule has 0 aliphatic rings. The number of hydrogen-bond donors (Lipinski definition) is 0. The molecule has 0 aliphatic carbocycles. The summed E-state index contributed by atoms with van der Waals surface area (Å²) in [5, 5.41) is 0. The van der Waals surface area contributed by atoms with E-state index >= 15 is 0 Å². The molecule has 0 saturated heterocycles. The summed E-state index contributed by atoms with van der Waals surface area (Å²) in [4.78, 5) is 20.6. The second kappa shape index (κ2) is 8.71. The molecule has 0 rings (SSSR count). The van der Waals surface area contributed by atoms with E-state index in [1.54, 1.807) is 6.92 Å². The lowest BCUT2D eigenvalue weighted by Gasteiger charge is -2.17. The fraction of sp³-hybridized carbons (Fsp3) is 0.500. The number of rotatable bonds is 3. The molecule has 0 aliphatic heterocycles. The summed E-state index contributed by atoms with van der Waals surface area (Å²) in [6, 6.07) is 0. The molecule has 0 unspecified atom stereocenters. The van der Waals surface area contributed by atoms with Crippen molar-refractivity contribution in [2.75, 3.05) is 6.61 Å². The van der Waals surface area contributed by atoms with Crippen molar-refractivity contribution in [2.45, 2.75) is 33.3 Å². The van der Waals surface area contributed by atoms with Crippen LogP contribution in [0.25, 0.3) is 0 Å². The van der Waals surface area contributed by atoms with E-state index in [1.807, 2.05) is 20.8 Å². The molecule has 0 radical (unpaired) electrons. The molecule has 0 fully saturated rings. The summed E-state index contributed by atoms with van der Waals surface area (Å²) in [6.07, 6.45) is 2.30. The zero-order valence-corrected chi connectivity index (χ0v) is 10.4. The summed E-state index contributed by atoms with van der Waals surface area (Å²) in [5.41, 5.74) is -0.398. The molecule has 0 N–H and O–H groups in total. The molecule has 92 valence electrons. The average molecular weight is 228 g/mol. The zero-order chi connectivity index (χ0) is 13.2. The highest BCUT2D eigenvalue weighted by molar-refractivity contribution is 5.81. The van der Waals surface area contributed by atoms with Crippen molar-refractivity contribution in [3.8, 4) is 0 Å². The molecular weight excluding hydrogens is 208 g/mol. The van der Waals surface area contributed by atoms with Gasteiger partial charge in [-0.2, -0.15) is 0 Å². The Balaban J connectivity index is 0. The minimum atomic E-state index is -0.398. The lowest BCUT2D eigenvalue weighted by Crippen LogP contribution is -2.22. The first-order valence-electron chi connectivity index (χ1n) is 4.91. The number of ether oxygens (including phenoxy) is 2. The minimum Gasteiger partial charge on any atom is -0.463 e. The maximum atomic E-state index is 10.5. The molecular formula is C12H20O4. The molecule has 0 bridgehead atoms. The van der Waals surface area contributed by atoms with Crippen molar-refractivity contribution < 1.29 is 19.1 Å². The summed E-state index contributed by atoms with van der Waals surface area (Å²) in [5.74, 6) is -0.731. The highest BCUT2D eigenvalue weighted by Gasteiger charge is 2.12. The Kier molecular flexibility index (Phi) is 9.16. The Morgan fingerprint density at radius 2 is 1.56 bits per heavy atom. The minimum absolute atomic E-state index is 0.359. The quantitative estimate of drug-likeness (QED) is 0.549. The van der Waals surface area contributed by atoms with Crippen LogP contribution in [0, 0.1) is 0 Å². The molecule has 0 aromatic heterocycles. The SMILES string of the molecule is C=CC(=O)OC(C)(C)C.C=CC(=O)OCC. The lowest BCUT2D eigenvalue weighted by atomic mass is 10.2. The van der Waals surface area contributed by atoms with Crippen molar-refractivity contribution in [3.63, 3.8) is 0 Å². The van der Waals surface area contributed by atoms with Gasteiger partial charge in [-0.1, -0.05) is 13.2 Å². The lowest BCUT2D eigenvalue weighted by molar-refractivity contribution is -0.148. The normalized spacial score (nSPS) is 9.25. The van der Waals surface area contributed by atoms with Gasteiger partial charge >= 0.3 is 11.9 Å². The molecule has 16 heavy (non-hydrogen) atoms. The first kappa shape index (κ1) is 16.8. The summed E-state index contributed by atoms with van der Waals surface area (Å²) in [6.45, 7) is 14.1. The Labute approximate surface area is 96.9 Å². The Morgan fingerprint density at radius 1 is 1.12 bits per heavy atom. The van der Waals surface area contributed by atoms with Crippen molar-refractivity contribution in [1.29, 1.82) is 0 Å². The van der Waals surface area contributed by atoms with Gasteiger partial charge in [-0.15, -0.1) is 0 Å². The van der Waals surface area contributed by atoms with Crippen molar-refractivity contribution in [1.82, 2.24) is 0 Å². The van der Waals surface area contributed by atoms with E-state index in [1.165, 1.54) is 0 Å². The molecule has 0 saturated carbocycles. The van der Waals surface area contributed by atoms with Crippen LogP contribution < -0.4 is 0 Å². The van der Waals surface area contributed by atoms with Crippen LogP contribution in [0.5, 0.6) is 0 Å². The van der Waals surface area contributed by atoms with Crippen molar-refractivity contribution in [2.24, 2.45) is 0 Å². The maximum Gasteiger partial charge on any atom is 0.330 e. The molecule has 0 heterocycles. The highest BCUT2D eigenvalue weighted by Crippen LogP contribution is 2.06. The maximum absolute atomic E-state index is 10.5. The number of esters is 2. The van der Waals surface area contributed by atoms with Crippen LogP contribution in [0.15, 0.2) is 25.3 Å². The van der Waals surface area contributed by atoms with Gasteiger partial charge in [0.25, 0.3) is 0 Å². The molecule has 0 atom stereocenters. The van der Waals surface area contributed by atoms with Crippen molar-refractivity contribution >= 4 is 11.9 Å². The second-order valence-electron chi connectivity index (χ2n) is 3.69. The van der Waals surface area contributed by atoms with Crippen LogP contribution in [0.3, 0.4) is 0 Å². The predicted molar refractivity (Wildman–Crippen MR) is 62.9 cm³/mol. The number of hydrogen-bond acceptors (Lipinski definition) is 4. The zero-order valence-electron chi connectivity index (χ0n) is 10.4. The van der Waals surface area contributed by atoms with E-state index in [2.05, 4.69) is 17.9 Å². The van der Waals surface area contributed by atoms with Gasteiger partial charge in [0.2, 0.25) is 0 Å². The molecule has 0 aromatic rings. The van der Waals surface area contributed by atoms with Crippen LogP contribution in [-0.2, 0) is 19.1 Å². The van der Waals surface area contributed by atoms with E-state index in [4.69, 9.17) is 4.74 Å². The van der Waals surface area contributed by atoms with Crippen LogP contribution in [0.1, 0.15) is 27.7 Å². The fourth-order valence-electron chi connectivity index (χ4n) is 0.545. The summed E-state index contributed by atoms with van der Waals surface area (Å²) in [7, 11) is 0. The predicted octanol–water partition coefficient (Wildman–Crippen LogP) is 2.25. The summed E-state index contributed by atoms with van der Waals surface area (Å²) >= 11 is 0. The average Bonchev–Trinajstić information content (AvgIpc) is 2.16. The molecule has 4 heteroatoms. The van der Waals surface area contributed by atoms with Crippen LogP contribution in [0.2, 0.25) is 0 Å². The van der Waals surface area contributed by atoms with Gasteiger partial charge in [-0.05, 0) is 27.7 Å². The highest BCUT2D eigenvalue weighted by atomic mass is 16.6. The van der Waals surface area contributed by atoms with E-state index < -0.39 is 5.60 Å². The fourth-order valence-corrected chi connectivity index (χ4v) is 0.545. The van der Waals surface area contributed by atoms with Gasteiger partial charge in [0.15, 0.2) is 0 Å². The Hall–Kier alpha value is -1.58. The second-order valence-corrected chi connectivity index (χ2v) is 3.69. The molecule has 0 spiro atoms. The van der Waals surface area contributed by atoms with Crippen LogP contribution in [0.4, 0.5) is 0 Å². The smallest absolute Gasteiger partial charge is 0.330 e. The van der Waals surface area contributed by atoms with E-state index in [0.29, 0.717) is 6.61 Å². The number of carbonyl (C=O) groups excluding carboxylic acids is 2. The van der Waals surface area contributed by atoms with Crippen LogP contribution >= 0.6 is 0 Å². The first-order valence-corrected chi connectivity index (χ1v) is 4.91. The third-order valence-corrected chi connectivity index (χ3v) is 1.03.